The fraction of sp³-hybridized carbons (Fsp3) is 0.312. The first-order chi connectivity index (χ1) is 19.4. The van der Waals surface area contributed by atoms with Crippen LogP contribution in [-0.2, 0) is 18.9 Å². The smallest absolute Gasteiger partial charge is 0.399 e. The first-order valence-electron chi connectivity index (χ1n) is 13.8. The maximum atomic E-state index is 13.5. The average Bonchev–Trinajstić information content (AvgIpc) is 3.36. The molecule has 2 aliphatic rings. The Bertz CT molecular complexity index is 1480. The van der Waals surface area contributed by atoms with Crippen molar-refractivity contribution in [3.63, 3.8) is 0 Å². The zero-order chi connectivity index (χ0) is 29.5. The van der Waals surface area contributed by atoms with E-state index in [0.717, 1.165) is 28.0 Å². The first kappa shape index (κ1) is 28.6. The zero-order valence-electron chi connectivity index (χ0n) is 24.7. The number of likely N-dealkylation sites (N-methyl/N-ethyl adjacent to an activating group) is 2. The van der Waals surface area contributed by atoms with E-state index in [1.807, 2.05) is 119 Å². The van der Waals surface area contributed by atoms with Gasteiger partial charge >= 0.3 is 7.12 Å². The molecule has 1 fully saturated rings. The van der Waals surface area contributed by atoms with Crippen LogP contribution >= 0.6 is 0 Å². The van der Waals surface area contributed by atoms with Crippen LogP contribution in [-0.4, -0.2) is 62.7 Å². The minimum atomic E-state index is -0.525. The highest BCUT2D eigenvalue weighted by Gasteiger charge is 2.52. The number of rotatable bonds is 7. The summed E-state index contributed by atoms with van der Waals surface area (Å²) in [5.74, 6) is -0.190. The molecule has 0 aromatic heterocycles. The number of benzene rings is 3. The van der Waals surface area contributed by atoms with E-state index in [0.29, 0.717) is 23.5 Å². The van der Waals surface area contributed by atoms with Crippen LogP contribution in [0.3, 0.4) is 0 Å². The number of hydrogen-bond acceptors (Lipinski definition) is 6. The van der Waals surface area contributed by atoms with Gasteiger partial charge in [-0.05, 0) is 83.1 Å². The molecule has 212 valence electrons. The minimum absolute atomic E-state index is 0.00179. The molecule has 9 heteroatoms. The molecule has 2 aliphatic heterocycles. The molecule has 0 saturated carbocycles. The van der Waals surface area contributed by atoms with E-state index in [9.17, 15) is 9.59 Å². The zero-order valence-corrected chi connectivity index (χ0v) is 24.7. The topological polar surface area (TPSA) is 83.1 Å². The van der Waals surface area contributed by atoms with E-state index >= 15 is 0 Å². The van der Waals surface area contributed by atoms with Crippen molar-refractivity contribution in [1.82, 2.24) is 4.90 Å². The predicted molar refractivity (Wildman–Crippen MR) is 166 cm³/mol. The molecule has 3 aromatic carbocycles. The lowest BCUT2D eigenvalue weighted by Crippen LogP contribution is -2.41. The summed E-state index contributed by atoms with van der Waals surface area (Å²) < 4.78 is 12.5. The Hall–Kier alpha value is -3.92. The number of nitrogens with zero attached hydrogens (tertiary/aromatic N) is 2. The van der Waals surface area contributed by atoms with Gasteiger partial charge < -0.3 is 29.7 Å². The quantitative estimate of drug-likeness (QED) is 0.333. The lowest BCUT2D eigenvalue weighted by molar-refractivity contribution is -0.119. The normalized spacial score (nSPS) is 18.2. The molecule has 3 aromatic rings. The van der Waals surface area contributed by atoms with Crippen LogP contribution in [0.15, 0.2) is 72.8 Å². The van der Waals surface area contributed by atoms with Gasteiger partial charge in [-0.3, -0.25) is 9.59 Å². The Labute approximate surface area is 242 Å². The van der Waals surface area contributed by atoms with Gasteiger partial charge in [-0.1, -0.05) is 42.5 Å². The summed E-state index contributed by atoms with van der Waals surface area (Å²) in [7, 11) is 4.98. The van der Waals surface area contributed by atoms with E-state index in [1.54, 1.807) is 11.9 Å². The van der Waals surface area contributed by atoms with Gasteiger partial charge in [-0.25, -0.2) is 0 Å². The van der Waals surface area contributed by atoms with Crippen LogP contribution in [0, 0.1) is 0 Å². The number of carbonyl (C=O) groups is 2. The van der Waals surface area contributed by atoms with Crippen LogP contribution in [0.4, 0.5) is 17.1 Å². The van der Waals surface area contributed by atoms with Crippen molar-refractivity contribution >= 4 is 52.7 Å². The Morgan fingerprint density at radius 2 is 1.54 bits per heavy atom. The molecule has 2 heterocycles. The summed E-state index contributed by atoms with van der Waals surface area (Å²) in [4.78, 5) is 29.4. The standard InChI is InChI=1S/C32H37BN4O4/c1-31(2)32(3,4)41-33(40-31)22-13-18-25-26(19-22)35-30(39)28(25)29(21-11-9-8-10-12-21)34-23-14-16-24(17-15-23)37(7)27(38)20-36(5)6/h8-19,34H,20H2,1-7H3,(H,35,39)/b29-28-. The summed E-state index contributed by atoms with van der Waals surface area (Å²) in [5.41, 5.74) is 5.14. The van der Waals surface area contributed by atoms with Gasteiger partial charge in [0.1, 0.15) is 0 Å². The maximum absolute atomic E-state index is 13.5. The number of fused-ring (bicyclic) bond motifs is 1. The molecule has 0 aliphatic carbocycles. The Balaban J connectivity index is 1.48. The van der Waals surface area contributed by atoms with E-state index in [-0.39, 0.29) is 11.8 Å². The summed E-state index contributed by atoms with van der Waals surface area (Å²) in [6, 6.07) is 23.2. The van der Waals surface area contributed by atoms with Crippen molar-refractivity contribution in [2.75, 3.05) is 43.2 Å². The second-order valence-electron chi connectivity index (χ2n) is 11.8. The fourth-order valence-corrected chi connectivity index (χ4v) is 4.88. The van der Waals surface area contributed by atoms with Crippen molar-refractivity contribution in [1.29, 1.82) is 0 Å². The maximum Gasteiger partial charge on any atom is 0.494 e. The molecular weight excluding hydrogens is 515 g/mol. The van der Waals surface area contributed by atoms with Crippen LogP contribution in [0.5, 0.6) is 0 Å². The Kier molecular flexibility index (Phi) is 7.55. The Morgan fingerprint density at radius 1 is 0.902 bits per heavy atom. The molecule has 0 atom stereocenters. The van der Waals surface area contributed by atoms with Gasteiger partial charge in [0.2, 0.25) is 5.91 Å². The van der Waals surface area contributed by atoms with E-state index < -0.39 is 18.3 Å². The third kappa shape index (κ3) is 5.66. The van der Waals surface area contributed by atoms with Gasteiger partial charge in [0.15, 0.2) is 0 Å². The van der Waals surface area contributed by atoms with Crippen molar-refractivity contribution in [2.45, 2.75) is 38.9 Å². The highest BCUT2D eigenvalue weighted by molar-refractivity contribution is 6.62. The largest absolute Gasteiger partial charge is 0.494 e. The van der Waals surface area contributed by atoms with Gasteiger partial charge in [0, 0.05) is 29.7 Å². The molecule has 5 rings (SSSR count). The van der Waals surface area contributed by atoms with Gasteiger partial charge in [-0.15, -0.1) is 0 Å². The Morgan fingerprint density at radius 3 is 2.15 bits per heavy atom. The molecular formula is C32H37BN4O4. The van der Waals surface area contributed by atoms with Crippen LogP contribution < -0.4 is 21.0 Å². The van der Waals surface area contributed by atoms with Crippen LogP contribution in [0.2, 0.25) is 0 Å². The molecule has 0 spiro atoms. The molecule has 2 N–H and O–H groups in total. The highest BCUT2D eigenvalue weighted by Crippen LogP contribution is 2.39. The number of anilines is 3. The number of nitrogens with one attached hydrogen (secondary N) is 2. The lowest BCUT2D eigenvalue weighted by Gasteiger charge is -2.32. The molecule has 1 saturated heterocycles. The predicted octanol–water partition coefficient (Wildman–Crippen LogP) is 4.44. The molecule has 0 radical (unpaired) electrons. The van der Waals surface area contributed by atoms with Gasteiger partial charge in [0.05, 0.1) is 29.0 Å². The van der Waals surface area contributed by atoms with Crippen LogP contribution in [0.25, 0.3) is 11.3 Å². The van der Waals surface area contributed by atoms with E-state index in [2.05, 4.69) is 10.6 Å². The van der Waals surface area contributed by atoms with Crippen LogP contribution in [0.1, 0.15) is 38.8 Å². The summed E-state index contributed by atoms with van der Waals surface area (Å²) in [5, 5.41) is 6.53. The first-order valence-corrected chi connectivity index (χ1v) is 13.8. The number of hydrogen-bond donors (Lipinski definition) is 2. The third-order valence-electron chi connectivity index (χ3n) is 7.98. The van der Waals surface area contributed by atoms with Gasteiger partial charge in [0.25, 0.3) is 5.91 Å². The summed E-state index contributed by atoms with van der Waals surface area (Å²) in [6.07, 6.45) is 0. The third-order valence-corrected chi connectivity index (χ3v) is 7.98. The lowest BCUT2D eigenvalue weighted by atomic mass is 9.78. The molecule has 0 unspecified atom stereocenters. The van der Waals surface area contributed by atoms with Crippen molar-refractivity contribution in [2.24, 2.45) is 0 Å². The molecule has 8 nitrogen and oxygen atoms in total. The van der Waals surface area contributed by atoms with E-state index in [1.165, 1.54) is 0 Å². The summed E-state index contributed by atoms with van der Waals surface area (Å²) in [6.45, 7) is 8.41. The van der Waals surface area contributed by atoms with E-state index in [4.69, 9.17) is 9.31 Å². The SMILES string of the molecule is CN(C)CC(=O)N(C)c1ccc(N/C(=C2\C(=O)Nc3cc(B4OC(C)(C)C(C)(C)O4)ccc32)c2ccccc2)cc1. The highest BCUT2D eigenvalue weighted by atomic mass is 16.7. The monoisotopic (exact) mass is 552 g/mol. The number of amides is 2. The van der Waals surface area contributed by atoms with Gasteiger partial charge in [-0.2, -0.15) is 0 Å². The van der Waals surface area contributed by atoms with Crippen molar-refractivity contribution in [3.05, 3.63) is 83.9 Å². The summed E-state index contributed by atoms with van der Waals surface area (Å²) >= 11 is 0. The average molecular weight is 552 g/mol. The molecule has 41 heavy (non-hydrogen) atoms. The molecule has 0 bridgehead atoms. The van der Waals surface area contributed by atoms with Crippen molar-refractivity contribution in [3.8, 4) is 0 Å². The molecule has 2 amide bonds. The second-order valence-corrected chi connectivity index (χ2v) is 11.8. The fourth-order valence-electron chi connectivity index (χ4n) is 4.88. The number of carbonyl (C=O) groups excluding carboxylic acids is 2. The second kappa shape index (κ2) is 10.8. The minimum Gasteiger partial charge on any atom is -0.399 e. The van der Waals surface area contributed by atoms with Crippen molar-refractivity contribution < 1.29 is 18.9 Å².